The van der Waals surface area contributed by atoms with Crippen LogP contribution in [-0.2, 0) is 29.5 Å². The van der Waals surface area contributed by atoms with Crippen LogP contribution in [0.4, 0.5) is 0 Å². The molecule has 162 valence electrons. The molecular weight excluding hydrogens is 408 g/mol. The zero-order valence-corrected chi connectivity index (χ0v) is 17.8. The number of hydrogen-bond acceptors (Lipinski definition) is 6. The monoisotopic (exact) mass is 434 g/mol. The van der Waals surface area contributed by atoms with Crippen LogP contribution in [0.1, 0.15) is 31.5 Å². The van der Waals surface area contributed by atoms with Crippen LogP contribution in [0.25, 0.3) is 0 Å². The van der Waals surface area contributed by atoms with E-state index in [1.807, 2.05) is 0 Å². The van der Waals surface area contributed by atoms with Gasteiger partial charge in [0.1, 0.15) is 19.0 Å². The van der Waals surface area contributed by atoms with E-state index in [0.29, 0.717) is 63.0 Å². The van der Waals surface area contributed by atoms with Gasteiger partial charge in [0.25, 0.3) is 0 Å². The van der Waals surface area contributed by atoms with Crippen LogP contribution in [-0.4, -0.2) is 53.4 Å². The molecule has 0 amide bonds. The summed E-state index contributed by atoms with van der Waals surface area (Å²) in [6.45, 7) is 2.03. The number of rotatable bonds is 5. The Balaban J connectivity index is 1.33. The first-order chi connectivity index (χ1) is 14.4. The third-order valence-corrected chi connectivity index (χ3v) is 8.13. The number of nitrogens with zero attached hydrogens (tertiary/aromatic N) is 4. The molecule has 1 aliphatic carbocycles. The molecule has 1 saturated carbocycles. The van der Waals surface area contributed by atoms with Crippen molar-refractivity contribution in [3.63, 3.8) is 0 Å². The van der Waals surface area contributed by atoms with E-state index in [0.717, 1.165) is 5.82 Å². The molecule has 3 aliphatic rings. The van der Waals surface area contributed by atoms with Gasteiger partial charge in [-0.05, 0) is 43.7 Å². The molecule has 0 N–H and O–H groups in total. The molecule has 0 saturated heterocycles. The first-order valence-electron chi connectivity index (χ1n) is 10.5. The molecule has 3 heterocycles. The minimum atomic E-state index is -3.70. The summed E-state index contributed by atoms with van der Waals surface area (Å²) in [5.74, 6) is 2.35. The minimum absolute atomic E-state index is 0.0742. The van der Waals surface area contributed by atoms with Gasteiger partial charge in [0, 0.05) is 38.7 Å². The van der Waals surface area contributed by atoms with Crippen LogP contribution >= 0.6 is 0 Å². The highest BCUT2D eigenvalue weighted by atomic mass is 32.2. The van der Waals surface area contributed by atoms with Crippen molar-refractivity contribution in [3.8, 4) is 11.5 Å². The molecular formula is C20H26N4O5S. The summed E-state index contributed by atoms with van der Waals surface area (Å²) in [5.41, 5.74) is -0.0742. The second-order valence-corrected chi connectivity index (χ2v) is 10.3. The summed E-state index contributed by atoms with van der Waals surface area (Å²) in [6.07, 6.45) is 4.11. The fraction of sp³-hybridized carbons (Fsp3) is 0.600. The quantitative estimate of drug-likeness (QED) is 0.703. The van der Waals surface area contributed by atoms with Gasteiger partial charge in [-0.3, -0.25) is 4.57 Å². The molecule has 1 atom stereocenters. The highest BCUT2D eigenvalue weighted by Crippen LogP contribution is 2.34. The lowest BCUT2D eigenvalue weighted by Crippen LogP contribution is -2.38. The number of sulfonamides is 1. The Labute approximate surface area is 175 Å². The average Bonchev–Trinajstić information content (AvgIpc) is 3.55. The Morgan fingerprint density at radius 3 is 2.67 bits per heavy atom. The van der Waals surface area contributed by atoms with Gasteiger partial charge in [0.15, 0.2) is 11.5 Å². The number of benzene rings is 1. The Morgan fingerprint density at radius 2 is 1.90 bits per heavy atom. The van der Waals surface area contributed by atoms with Crippen LogP contribution in [0.3, 0.4) is 0 Å². The fourth-order valence-electron chi connectivity index (χ4n) is 4.19. The molecule has 1 fully saturated rings. The van der Waals surface area contributed by atoms with Gasteiger partial charge in [-0.25, -0.2) is 17.9 Å². The summed E-state index contributed by atoms with van der Waals surface area (Å²) in [6, 6.07) is 4.51. The second kappa shape index (κ2) is 7.42. The smallest absolute Gasteiger partial charge is 0.345 e. The number of fused-ring (bicyclic) bond motifs is 2. The molecule has 0 spiro atoms. The van der Waals surface area contributed by atoms with Crippen molar-refractivity contribution in [3.05, 3.63) is 34.5 Å². The third-order valence-electron chi connectivity index (χ3n) is 6.22. The van der Waals surface area contributed by atoms with Crippen molar-refractivity contribution in [2.24, 2.45) is 5.92 Å². The standard InChI is InChI=1S/C20H26N4O5S/c1-22(30(26,27)16-5-6-17-18(12-16)29-11-10-28-17)15-4-7-19-21-24(13-14-2-3-14)20(25)23(19)9-8-15/h5-6,12,14-15H,2-4,7-11,13H2,1H3. The van der Waals surface area contributed by atoms with Gasteiger partial charge < -0.3 is 9.47 Å². The third kappa shape index (κ3) is 3.51. The van der Waals surface area contributed by atoms with Crippen LogP contribution in [0.15, 0.2) is 27.9 Å². The average molecular weight is 435 g/mol. The molecule has 10 heteroatoms. The summed E-state index contributed by atoms with van der Waals surface area (Å²) in [5, 5.41) is 4.52. The maximum absolute atomic E-state index is 13.2. The summed E-state index contributed by atoms with van der Waals surface area (Å²) in [4.78, 5) is 12.9. The van der Waals surface area contributed by atoms with Crippen LogP contribution in [0.5, 0.6) is 11.5 Å². The fourth-order valence-corrected chi connectivity index (χ4v) is 5.62. The Bertz CT molecular complexity index is 1120. The van der Waals surface area contributed by atoms with Crippen molar-refractivity contribution in [2.75, 3.05) is 20.3 Å². The van der Waals surface area contributed by atoms with Crippen molar-refractivity contribution in [1.82, 2.24) is 18.7 Å². The second-order valence-electron chi connectivity index (χ2n) is 8.28. The molecule has 1 aromatic heterocycles. The van der Waals surface area contributed by atoms with E-state index in [4.69, 9.17) is 9.47 Å². The van der Waals surface area contributed by atoms with Gasteiger partial charge in [-0.2, -0.15) is 9.40 Å². The van der Waals surface area contributed by atoms with Gasteiger partial charge in [-0.1, -0.05) is 0 Å². The lowest BCUT2D eigenvalue weighted by Gasteiger charge is -2.27. The number of aromatic nitrogens is 3. The van der Waals surface area contributed by atoms with Crippen molar-refractivity contribution < 1.29 is 17.9 Å². The molecule has 2 aromatic rings. The number of aryl methyl sites for hydroxylation is 1. The molecule has 1 unspecified atom stereocenters. The van der Waals surface area contributed by atoms with E-state index < -0.39 is 10.0 Å². The SMILES string of the molecule is CN(C1CCc2nn(CC3CC3)c(=O)n2CC1)S(=O)(=O)c1ccc2c(c1)OCCO2. The highest BCUT2D eigenvalue weighted by Gasteiger charge is 2.32. The molecule has 0 bridgehead atoms. The number of ether oxygens (including phenoxy) is 2. The molecule has 2 aliphatic heterocycles. The van der Waals surface area contributed by atoms with Gasteiger partial charge >= 0.3 is 5.69 Å². The van der Waals surface area contributed by atoms with E-state index in [9.17, 15) is 13.2 Å². The van der Waals surface area contributed by atoms with Crippen LogP contribution in [0.2, 0.25) is 0 Å². The minimum Gasteiger partial charge on any atom is -0.486 e. The summed E-state index contributed by atoms with van der Waals surface area (Å²) < 4.78 is 42.2. The maximum Gasteiger partial charge on any atom is 0.345 e. The van der Waals surface area contributed by atoms with Crippen molar-refractivity contribution >= 4 is 10.0 Å². The van der Waals surface area contributed by atoms with Gasteiger partial charge in [0.2, 0.25) is 10.0 Å². The normalized spacial score (nSPS) is 21.3. The van der Waals surface area contributed by atoms with E-state index in [2.05, 4.69) is 5.10 Å². The topological polar surface area (TPSA) is 95.7 Å². The van der Waals surface area contributed by atoms with E-state index in [1.54, 1.807) is 28.4 Å². The van der Waals surface area contributed by atoms with E-state index >= 15 is 0 Å². The lowest BCUT2D eigenvalue weighted by molar-refractivity contribution is 0.171. The molecule has 9 nitrogen and oxygen atoms in total. The zero-order chi connectivity index (χ0) is 20.9. The summed E-state index contributed by atoms with van der Waals surface area (Å²) in [7, 11) is -2.09. The Hall–Kier alpha value is -2.33. The Morgan fingerprint density at radius 1 is 1.13 bits per heavy atom. The predicted octanol–water partition coefficient (Wildman–Crippen LogP) is 1.25. The molecule has 30 heavy (non-hydrogen) atoms. The maximum atomic E-state index is 13.2. The highest BCUT2D eigenvalue weighted by molar-refractivity contribution is 7.89. The zero-order valence-electron chi connectivity index (χ0n) is 17.0. The number of hydrogen-bond donors (Lipinski definition) is 0. The molecule has 0 radical (unpaired) electrons. The van der Waals surface area contributed by atoms with Crippen molar-refractivity contribution in [2.45, 2.75) is 56.1 Å². The Kier molecular flexibility index (Phi) is 4.85. The lowest BCUT2D eigenvalue weighted by atomic mass is 10.1. The van der Waals surface area contributed by atoms with E-state index in [1.165, 1.54) is 23.2 Å². The molecule has 1 aromatic carbocycles. The first kappa shape index (κ1) is 19.6. The predicted molar refractivity (Wildman–Crippen MR) is 108 cm³/mol. The summed E-state index contributed by atoms with van der Waals surface area (Å²) >= 11 is 0. The van der Waals surface area contributed by atoms with Crippen molar-refractivity contribution in [1.29, 1.82) is 0 Å². The van der Waals surface area contributed by atoms with Gasteiger partial charge in [0.05, 0.1) is 4.90 Å². The largest absolute Gasteiger partial charge is 0.486 e. The van der Waals surface area contributed by atoms with Crippen LogP contribution in [0, 0.1) is 5.92 Å². The van der Waals surface area contributed by atoms with Gasteiger partial charge in [-0.15, -0.1) is 0 Å². The van der Waals surface area contributed by atoms with Crippen LogP contribution < -0.4 is 15.2 Å². The molecule has 5 rings (SSSR count). The van der Waals surface area contributed by atoms with E-state index in [-0.39, 0.29) is 16.6 Å². The first-order valence-corrected chi connectivity index (χ1v) is 11.9.